The minimum atomic E-state index is -1.08. The van der Waals surface area contributed by atoms with Gasteiger partial charge in [0.1, 0.15) is 22.6 Å². The molecule has 0 saturated heterocycles. The van der Waals surface area contributed by atoms with E-state index >= 15 is 0 Å². The van der Waals surface area contributed by atoms with Gasteiger partial charge in [-0.25, -0.2) is 4.98 Å². The second-order valence-corrected chi connectivity index (χ2v) is 6.87. The van der Waals surface area contributed by atoms with Crippen molar-refractivity contribution in [3.63, 3.8) is 0 Å². The molecule has 0 unspecified atom stereocenters. The normalized spacial score (nSPS) is 24.3. The standard InChI is InChI=1S/C17H17Cl2N5O3/c18-12-4-2-8(6-21-12)1-3-10-15(19)23-17(20)24-16(10)22-11-5-9(7-25)13(26)14(11)27/h2,4,6,9,11,13-14,25-27H,5,7H2,(H3,20,22,23,24)/t9-,11-,13-,14+/m1/s1. The predicted molar refractivity (Wildman–Crippen MR) is 101 cm³/mol. The van der Waals surface area contributed by atoms with Gasteiger partial charge >= 0.3 is 0 Å². The Kier molecular flexibility index (Phi) is 5.99. The molecule has 1 saturated carbocycles. The lowest BCUT2D eigenvalue weighted by molar-refractivity contribution is 0.00445. The van der Waals surface area contributed by atoms with E-state index in [-0.39, 0.29) is 29.1 Å². The number of nitrogens with one attached hydrogen (secondary N) is 1. The van der Waals surface area contributed by atoms with Gasteiger partial charge < -0.3 is 26.4 Å². The third-order valence-corrected chi connectivity index (χ3v) is 4.80. The molecule has 10 heteroatoms. The van der Waals surface area contributed by atoms with Crippen LogP contribution in [0.4, 0.5) is 11.8 Å². The van der Waals surface area contributed by atoms with Crippen molar-refractivity contribution in [2.24, 2.45) is 5.92 Å². The molecule has 2 heterocycles. The maximum absolute atomic E-state index is 10.2. The highest BCUT2D eigenvalue weighted by Crippen LogP contribution is 2.30. The summed E-state index contributed by atoms with van der Waals surface area (Å²) in [4.78, 5) is 12.0. The van der Waals surface area contributed by atoms with Gasteiger partial charge in [-0.05, 0) is 18.6 Å². The number of nitrogens with two attached hydrogens (primary N) is 1. The van der Waals surface area contributed by atoms with E-state index < -0.39 is 24.2 Å². The van der Waals surface area contributed by atoms with Gasteiger partial charge in [0.2, 0.25) is 5.95 Å². The molecule has 142 valence electrons. The molecule has 0 spiro atoms. The summed E-state index contributed by atoms with van der Waals surface area (Å²) in [6.07, 6.45) is -0.276. The van der Waals surface area contributed by atoms with E-state index in [9.17, 15) is 15.3 Å². The fourth-order valence-corrected chi connectivity index (χ4v) is 3.21. The van der Waals surface area contributed by atoms with E-state index in [0.717, 1.165) is 0 Å². The van der Waals surface area contributed by atoms with Crippen LogP contribution >= 0.6 is 23.2 Å². The molecular formula is C17H17Cl2N5O3. The van der Waals surface area contributed by atoms with Gasteiger partial charge in [0.25, 0.3) is 0 Å². The topological polar surface area (TPSA) is 137 Å². The van der Waals surface area contributed by atoms with Crippen molar-refractivity contribution in [2.75, 3.05) is 17.7 Å². The van der Waals surface area contributed by atoms with Crippen molar-refractivity contribution in [1.29, 1.82) is 0 Å². The highest BCUT2D eigenvalue weighted by atomic mass is 35.5. The molecule has 0 aromatic carbocycles. The summed E-state index contributed by atoms with van der Waals surface area (Å²) in [5, 5.41) is 32.9. The number of aromatic nitrogens is 3. The van der Waals surface area contributed by atoms with E-state index in [1.54, 1.807) is 12.1 Å². The van der Waals surface area contributed by atoms with Gasteiger partial charge in [-0.1, -0.05) is 35.0 Å². The third kappa shape index (κ3) is 4.40. The van der Waals surface area contributed by atoms with Crippen molar-refractivity contribution in [3.05, 3.63) is 39.8 Å². The van der Waals surface area contributed by atoms with Crippen LogP contribution in [0.2, 0.25) is 10.3 Å². The van der Waals surface area contributed by atoms with Crippen LogP contribution in [0.1, 0.15) is 17.5 Å². The number of aliphatic hydroxyl groups is 3. The quantitative estimate of drug-likeness (QED) is 0.283. The van der Waals surface area contributed by atoms with Crippen molar-refractivity contribution in [3.8, 4) is 11.8 Å². The summed E-state index contributed by atoms with van der Waals surface area (Å²) in [5.41, 5.74) is 6.56. The Morgan fingerprint density at radius 2 is 1.96 bits per heavy atom. The molecule has 4 atom stereocenters. The number of aliphatic hydroxyl groups excluding tert-OH is 3. The monoisotopic (exact) mass is 409 g/mol. The number of hydrogen-bond donors (Lipinski definition) is 5. The number of hydrogen-bond acceptors (Lipinski definition) is 8. The molecule has 1 aliphatic rings. The lowest BCUT2D eigenvalue weighted by Crippen LogP contribution is -2.35. The second kappa shape index (κ2) is 8.25. The fourth-order valence-electron chi connectivity index (χ4n) is 2.87. The summed E-state index contributed by atoms with van der Waals surface area (Å²) >= 11 is 11.9. The number of nitrogens with zero attached hydrogens (tertiary/aromatic N) is 3. The number of pyridine rings is 1. The highest BCUT2D eigenvalue weighted by molar-refractivity contribution is 6.31. The Hall–Kier alpha value is -2.15. The molecule has 1 fully saturated rings. The minimum absolute atomic E-state index is 0.0474. The van der Waals surface area contributed by atoms with Gasteiger partial charge in [-0.3, -0.25) is 0 Å². The molecular weight excluding hydrogens is 393 g/mol. The Bertz CT molecular complexity index is 885. The first-order valence-electron chi connectivity index (χ1n) is 8.09. The average molecular weight is 410 g/mol. The SMILES string of the molecule is Nc1nc(Cl)c(C#Cc2ccc(Cl)nc2)c(N[C@@H]2C[C@H](CO)[C@@H](O)[C@H]2O)n1. The summed E-state index contributed by atoms with van der Waals surface area (Å²) in [6, 6.07) is 2.75. The Morgan fingerprint density at radius 3 is 2.59 bits per heavy atom. The van der Waals surface area contributed by atoms with Gasteiger partial charge in [0, 0.05) is 24.3 Å². The second-order valence-electron chi connectivity index (χ2n) is 6.13. The first-order chi connectivity index (χ1) is 12.9. The van der Waals surface area contributed by atoms with Crippen LogP contribution in [-0.4, -0.2) is 55.1 Å². The van der Waals surface area contributed by atoms with Gasteiger partial charge in [0.15, 0.2) is 5.15 Å². The molecule has 0 bridgehead atoms. The average Bonchev–Trinajstić information content (AvgIpc) is 2.90. The molecule has 27 heavy (non-hydrogen) atoms. The van der Waals surface area contributed by atoms with Gasteiger partial charge in [0.05, 0.1) is 12.1 Å². The molecule has 2 aromatic heterocycles. The Morgan fingerprint density at radius 1 is 1.19 bits per heavy atom. The number of anilines is 2. The van der Waals surface area contributed by atoms with E-state index in [1.807, 2.05) is 0 Å². The van der Waals surface area contributed by atoms with Crippen LogP contribution in [0.25, 0.3) is 0 Å². The van der Waals surface area contributed by atoms with E-state index in [4.69, 9.17) is 28.9 Å². The molecule has 0 radical (unpaired) electrons. The fraction of sp³-hybridized carbons (Fsp3) is 0.353. The van der Waals surface area contributed by atoms with E-state index in [0.29, 0.717) is 17.1 Å². The van der Waals surface area contributed by atoms with Crippen molar-refractivity contribution >= 4 is 35.0 Å². The Labute approximate surface area is 165 Å². The summed E-state index contributed by atoms with van der Waals surface area (Å²) < 4.78 is 0. The zero-order chi connectivity index (χ0) is 19.6. The van der Waals surface area contributed by atoms with Crippen molar-refractivity contribution in [2.45, 2.75) is 24.7 Å². The summed E-state index contributed by atoms with van der Waals surface area (Å²) in [6.45, 7) is -0.237. The predicted octanol–water partition coefficient (Wildman–Crippen LogP) is 0.675. The zero-order valence-electron chi connectivity index (χ0n) is 14.0. The molecule has 2 aromatic rings. The first kappa shape index (κ1) is 19.6. The summed E-state index contributed by atoms with van der Waals surface area (Å²) in [5.74, 6) is 5.48. The van der Waals surface area contributed by atoms with Gasteiger partial charge in [-0.15, -0.1) is 0 Å². The van der Waals surface area contributed by atoms with Crippen LogP contribution in [0.3, 0.4) is 0 Å². The van der Waals surface area contributed by atoms with Crippen LogP contribution in [-0.2, 0) is 0 Å². The van der Waals surface area contributed by atoms with Crippen LogP contribution < -0.4 is 11.1 Å². The van der Waals surface area contributed by atoms with Crippen LogP contribution in [0, 0.1) is 17.8 Å². The van der Waals surface area contributed by atoms with E-state index in [1.165, 1.54) is 6.20 Å². The lowest BCUT2D eigenvalue weighted by Gasteiger charge is -2.19. The molecule has 0 aliphatic heterocycles. The smallest absolute Gasteiger partial charge is 0.223 e. The maximum Gasteiger partial charge on any atom is 0.223 e. The maximum atomic E-state index is 10.2. The molecule has 1 aliphatic carbocycles. The van der Waals surface area contributed by atoms with E-state index in [2.05, 4.69) is 32.1 Å². The minimum Gasteiger partial charge on any atom is -0.396 e. The van der Waals surface area contributed by atoms with Crippen molar-refractivity contribution in [1.82, 2.24) is 15.0 Å². The first-order valence-corrected chi connectivity index (χ1v) is 8.84. The number of rotatable bonds is 3. The molecule has 8 nitrogen and oxygen atoms in total. The van der Waals surface area contributed by atoms with Crippen LogP contribution in [0.15, 0.2) is 18.3 Å². The van der Waals surface area contributed by atoms with Gasteiger partial charge in [-0.2, -0.15) is 9.97 Å². The number of nitrogen functional groups attached to an aromatic ring is 1. The number of halogens is 2. The summed E-state index contributed by atoms with van der Waals surface area (Å²) in [7, 11) is 0. The lowest BCUT2D eigenvalue weighted by atomic mass is 10.1. The molecule has 0 amide bonds. The molecule has 3 rings (SSSR count). The molecule has 6 N–H and O–H groups in total. The third-order valence-electron chi connectivity index (χ3n) is 4.30. The Balaban J connectivity index is 1.91. The largest absolute Gasteiger partial charge is 0.396 e. The van der Waals surface area contributed by atoms with Crippen LogP contribution in [0.5, 0.6) is 0 Å². The zero-order valence-corrected chi connectivity index (χ0v) is 15.5. The highest BCUT2D eigenvalue weighted by Gasteiger charge is 2.41. The van der Waals surface area contributed by atoms with Crippen molar-refractivity contribution < 1.29 is 15.3 Å².